The molecule has 1 atom stereocenters. The van der Waals surface area contributed by atoms with Crippen LogP contribution in [0.1, 0.15) is 39.3 Å². The normalized spacial score (nSPS) is 19.3. The summed E-state index contributed by atoms with van der Waals surface area (Å²) in [5.74, 6) is -0.0878. The lowest BCUT2D eigenvalue weighted by Gasteiger charge is -2.26. The number of carbonyl (C=O) groups is 2. The average Bonchev–Trinajstić information content (AvgIpc) is 3.30. The van der Waals surface area contributed by atoms with Crippen molar-refractivity contribution in [3.8, 4) is 0 Å². The van der Waals surface area contributed by atoms with Crippen molar-refractivity contribution in [1.29, 1.82) is 0 Å². The lowest BCUT2D eigenvalue weighted by Crippen LogP contribution is -2.35. The molecule has 1 unspecified atom stereocenters. The number of anilines is 1. The maximum absolute atomic E-state index is 12.7. The maximum atomic E-state index is 12.7. The zero-order chi connectivity index (χ0) is 18.1. The zero-order valence-electron chi connectivity index (χ0n) is 14.7. The predicted octanol–water partition coefficient (Wildman–Crippen LogP) is 2.77. The molecule has 6 nitrogen and oxygen atoms in total. The minimum absolute atomic E-state index is 0.0361. The molecule has 4 rings (SSSR count). The van der Waals surface area contributed by atoms with Gasteiger partial charge in [0.25, 0.3) is 11.8 Å². The number of fused-ring (bicyclic) bond motifs is 1. The van der Waals surface area contributed by atoms with Crippen LogP contribution in [-0.4, -0.2) is 41.0 Å². The van der Waals surface area contributed by atoms with E-state index in [1.807, 2.05) is 36.1 Å². The Morgan fingerprint density at radius 1 is 1.31 bits per heavy atom. The van der Waals surface area contributed by atoms with E-state index in [0.29, 0.717) is 36.8 Å². The van der Waals surface area contributed by atoms with Gasteiger partial charge in [-0.2, -0.15) is 0 Å². The van der Waals surface area contributed by atoms with E-state index in [9.17, 15) is 9.59 Å². The Labute approximate surface area is 156 Å². The molecule has 2 aromatic rings. The molecular formula is C19H21N3O3S. The van der Waals surface area contributed by atoms with Crippen molar-refractivity contribution in [2.24, 2.45) is 0 Å². The largest absolute Gasteiger partial charge is 0.368 e. The predicted molar refractivity (Wildman–Crippen MR) is 99.3 cm³/mol. The molecule has 1 fully saturated rings. The fraction of sp³-hybridized carbons (Fsp3) is 0.421. The second-order valence-corrected chi connectivity index (χ2v) is 7.81. The van der Waals surface area contributed by atoms with Gasteiger partial charge in [-0.25, -0.2) is 4.98 Å². The van der Waals surface area contributed by atoms with E-state index in [2.05, 4.69) is 10.3 Å². The fourth-order valence-corrected chi connectivity index (χ4v) is 4.30. The molecule has 2 amide bonds. The van der Waals surface area contributed by atoms with Gasteiger partial charge < -0.3 is 9.64 Å². The van der Waals surface area contributed by atoms with Crippen LogP contribution in [0.15, 0.2) is 24.3 Å². The number of hydrogen-bond donors (Lipinski definition) is 1. The van der Waals surface area contributed by atoms with Gasteiger partial charge in [0.05, 0.1) is 12.2 Å². The van der Waals surface area contributed by atoms with E-state index < -0.39 is 0 Å². The molecule has 0 bridgehead atoms. The van der Waals surface area contributed by atoms with Crippen molar-refractivity contribution in [3.63, 3.8) is 0 Å². The molecule has 1 aromatic heterocycles. The highest BCUT2D eigenvalue weighted by atomic mass is 32.1. The minimum atomic E-state index is -0.365. The summed E-state index contributed by atoms with van der Waals surface area (Å²) in [6.07, 6.45) is 2.02. The van der Waals surface area contributed by atoms with E-state index in [1.165, 1.54) is 11.3 Å². The van der Waals surface area contributed by atoms with Gasteiger partial charge >= 0.3 is 0 Å². The van der Waals surface area contributed by atoms with Crippen molar-refractivity contribution in [3.05, 3.63) is 46.0 Å². The molecule has 2 aliphatic rings. The highest BCUT2D eigenvalue weighted by Crippen LogP contribution is 2.29. The first kappa shape index (κ1) is 17.2. The van der Waals surface area contributed by atoms with Crippen LogP contribution < -0.4 is 5.32 Å². The van der Waals surface area contributed by atoms with E-state index in [0.717, 1.165) is 29.0 Å². The molecule has 1 aromatic carbocycles. The summed E-state index contributed by atoms with van der Waals surface area (Å²) in [5, 5.41) is 3.46. The molecule has 0 aliphatic carbocycles. The van der Waals surface area contributed by atoms with Crippen LogP contribution in [0.25, 0.3) is 0 Å². The van der Waals surface area contributed by atoms with Gasteiger partial charge in [0, 0.05) is 30.0 Å². The molecule has 136 valence electrons. The van der Waals surface area contributed by atoms with Crippen molar-refractivity contribution >= 4 is 28.3 Å². The van der Waals surface area contributed by atoms with Crippen LogP contribution >= 0.6 is 11.3 Å². The zero-order valence-corrected chi connectivity index (χ0v) is 15.5. The van der Waals surface area contributed by atoms with Crippen LogP contribution in [0, 0.1) is 6.92 Å². The molecular weight excluding hydrogens is 350 g/mol. The van der Waals surface area contributed by atoms with Gasteiger partial charge in [0.2, 0.25) is 0 Å². The summed E-state index contributed by atoms with van der Waals surface area (Å²) >= 11 is 1.45. The Bertz CT molecular complexity index is 825. The number of aryl methyl sites for hydroxylation is 1. The SMILES string of the molecule is Cc1ccc(C(=O)N2CCc3nc(NC(=O)C4CCCO4)sc3C2)cc1. The molecule has 26 heavy (non-hydrogen) atoms. The lowest BCUT2D eigenvalue weighted by atomic mass is 10.1. The molecule has 1 saturated heterocycles. The third-order valence-electron chi connectivity index (χ3n) is 4.77. The second kappa shape index (κ2) is 7.17. The Kier molecular flexibility index (Phi) is 4.74. The Hall–Kier alpha value is -2.25. The number of carbonyl (C=O) groups excluding carboxylic acids is 2. The van der Waals surface area contributed by atoms with Crippen molar-refractivity contribution < 1.29 is 14.3 Å². The molecule has 0 saturated carbocycles. The summed E-state index contributed by atoms with van der Waals surface area (Å²) in [6, 6.07) is 7.64. The summed E-state index contributed by atoms with van der Waals surface area (Å²) in [5.41, 5.74) is 2.82. The summed E-state index contributed by atoms with van der Waals surface area (Å²) < 4.78 is 5.41. The highest BCUT2D eigenvalue weighted by Gasteiger charge is 2.27. The van der Waals surface area contributed by atoms with Crippen LogP contribution in [0.4, 0.5) is 5.13 Å². The number of nitrogens with one attached hydrogen (secondary N) is 1. The van der Waals surface area contributed by atoms with Gasteiger partial charge in [0.15, 0.2) is 5.13 Å². The number of nitrogens with zero attached hydrogens (tertiary/aromatic N) is 2. The van der Waals surface area contributed by atoms with Gasteiger partial charge in [-0.1, -0.05) is 29.0 Å². The number of thiazole rings is 1. The summed E-state index contributed by atoms with van der Waals surface area (Å²) in [7, 11) is 0. The lowest BCUT2D eigenvalue weighted by molar-refractivity contribution is -0.124. The molecule has 7 heteroatoms. The molecule has 0 spiro atoms. The first-order chi connectivity index (χ1) is 12.6. The quantitative estimate of drug-likeness (QED) is 0.901. The van der Waals surface area contributed by atoms with Gasteiger partial charge in [-0.3, -0.25) is 14.9 Å². The Balaban J connectivity index is 1.43. The smallest absolute Gasteiger partial charge is 0.255 e. The highest BCUT2D eigenvalue weighted by molar-refractivity contribution is 7.15. The number of amides is 2. The van der Waals surface area contributed by atoms with Gasteiger partial charge in [-0.05, 0) is 31.9 Å². The third-order valence-corrected chi connectivity index (χ3v) is 5.77. The number of hydrogen-bond acceptors (Lipinski definition) is 5. The Morgan fingerprint density at radius 2 is 2.12 bits per heavy atom. The molecule has 1 N–H and O–H groups in total. The topological polar surface area (TPSA) is 71.5 Å². The van der Waals surface area contributed by atoms with Crippen molar-refractivity contribution in [2.45, 2.75) is 38.8 Å². The number of aromatic nitrogens is 1. The number of rotatable bonds is 3. The molecule has 2 aliphatic heterocycles. The standard InChI is InChI=1S/C19H21N3O3S/c1-12-4-6-13(7-5-12)18(24)22-9-8-14-16(11-22)26-19(20-14)21-17(23)15-3-2-10-25-15/h4-7,15H,2-3,8-11H2,1H3,(H,20,21,23). The first-order valence-corrected chi connectivity index (χ1v) is 9.69. The molecule has 3 heterocycles. The number of benzene rings is 1. The van der Waals surface area contributed by atoms with E-state index in [1.54, 1.807) is 0 Å². The van der Waals surface area contributed by atoms with Crippen molar-refractivity contribution in [2.75, 3.05) is 18.5 Å². The number of ether oxygens (including phenoxy) is 1. The first-order valence-electron chi connectivity index (χ1n) is 8.87. The third kappa shape index (κ3) is 3.50. The van der Waals surface area contributed by atoms with E-state index >= 15 is 0 Å². The van der Waals surface area contributed by atoms with Crippen LogP contribution in [0.3, 0.4) is 0 Å². The second-order valence-electron chi connectivity index (χ2n) is 6.72. The fourth-order valence-electron chi connectivity index (χ4n) is 3.27. The minimum Gasteiger partial charge on any atom is -0.368 e. The van der Waals surface area contributed by atoms with Gasteiger partial charge in [-0.15, -0.1) is 0 Å². The van der Waals surface area contributed by atoms with Gasteiger partial charge in [0.1, 0.15) is 6.10 Å². The van der Waals surface area contributed by atoms with Crippen LogP contribution in [0.2, 0.25) is 0 Å². The van der Waals surface area contributed by atoms with Crippen molar-refractivity contribution in [1.82, 2.24) is 9.88 Å². The Morgan fingerprint density at radius 3 is 2.85 bits per heavy atom. The average molecular weight is 371 g/mol. The summed E-state index contributed by atoms with van der Waals surface area (Å²) in [6.45, 7) is 3.83. The maximum Gasteiger partial charge on any atom is 0.255 e. The molecule has 0 radical (unpaired) electrons. The van der Waals surface area contributed by atoms with E-state index in [4.69, 9.17) is 4.74 Å². The summed E-state index contributed by atoms with van der Waals surface area (Å²) in [4.78, 5) is 32.3. The van der Waals surface area contributed by atoms with E-state index in [-0.39, 0.29) is 17.9 Å². The van der Waals surface area contributed by atoms with Crippen LogP contribution in [0.5, 0.6) is 0 Å². The van der Waals surface area contributed by atoms with Crippen LogP contribution in [-0.2, 0) is 22.5 Å². The monoisotopic (exact) mass is 371 g/mol.